The van der Waals surface area contributed by atoms with Crippen LogP contribution in [0.1, 0.15) is 18.4 Å². The number of nitrogens with zero attached hydrogens (tertiary/aromatic N) is 1. The highest BCUT2D eigenvalue weighted by atomic mass is 19.1. The second kappa shape index (κ2) is 6.36. The largest absolute Gasteiger partial charge is 0.385 e. The van der Waals surface area contributed by atoms with Gasteiger partial charge in [0.2, 0.25) is 0 Å². The van der Waals surface area contributed by atoms with Crippen molar-refractivity contribution in [3.8, 4) is 0 Å². The first-order chi connectivity index (χ1) is 12.4. The van der Waals surface area contributed by atoms with E-state index in [1.54, 1.807) is 17.0 Å². The van der Waals surface area contributed by atoms with Crippen LogP contribution >= 0.6 is 0 Å². The molecular formula is C20H20F2N2O2. The average Bonchev–Trinajstić information content (AvgIpc) is 3.13. The minimum atomic E-state index is -0.956. The molecule has 0 radical (unpaired) electrons. The van der Waals surface area contributed by atoms with Gasteiger partial charge in [-0.15, -0.1) is 0 Å². The Kier molecular flexibility index (Phi) is 4.15. The standard InChI is InChI=1S/C20H20F2N2O2/c21-16-3-1-15(2-4-16)20(26)9-13-11-24(12-14(13)10-20)19(25)23-18-7-5-17(22)6-8-18/h1-8,13-14,26H,9-12H2,(H,23,25). The Labute approximate surface area is 150 Å². The molecule has 136 valence electrons. The van der Waals surface area contributed by atoms with Crippen molar-refractivity contribution in [3.05, 3.63) is 65.7 Å². The third-order valence-corrected chi connectivity index (χ3v) is 5.54. The van der Waals surface area contributed by atoms with Crippen molar-refractivity contribution in [1.82, 2.24) is 4.90 Å². The van der Waals surface area contributed by atoms with Crippen molar-refractivity contribution in [1.29, 1.82) is 0 Å². The van der Waals surface area contributed by atoms with Crippen molar-refractivity contribution in [2.75, 3.05) is 18.4 Å². The van der Waals surface area contributed by atoms with E-state index in [2.05, 4.69) is 5.32 Å². The number of fused-ring (bicyclic) bond motifs is 1. The van der Waals surface area contributed by atoms with E-state index >= 15 is 0 Å². The molecule has 2 N–H and O–H groups in total. The van der Waals surface area contributed by atoms with E-state index in [0.29, 0.717) is 31.6 Å². The number of likely N-dealkylation sites (tertiary alicyclic amines) is 1. The summed E-state index contributed by atoms with van der Waals surface area (Å²) in [6.07, 6.45) is 1.12. The van der Waals surface area contributed by atoms with E-state index in [4.69, 9.17) is 0 Å². The summed E-state index contributed by atoms with van der Waals surface area (Å²) in [6, 6.07) is 11.4. The number of urea groups is 1. The predicted molar refractivity (Wildman–Crippen MR) is 93.5 cm³/mol. The molecule has 1 aliphatic carbocycles. The van der Waals surface area contributed by atoms with Gasteiger partial charge in [0.05, 0.1) is 5.60 Å². The van der Waals surface area contributed by atoms with Gasteiger partial charge in [0, 0.05) is 18.8 Å². The fourth-order valence-corrected chi connectivity index (χ4v) is 4.25. The van der Waals surface area contributed by atoms with Gasteiger partial charge in [0.1, 0.15) is 11.6 Å². The fraction of sp³-hybridized carbons (Fsp3) is 0.350. The van der Waals surface area contributed by atoms with Gasteiger partial charge >= 0.3 is 6.03 Å². The number of amides is 2. The third-order valence-electron chi connectivity index (χ3n) is 5.54. The van der Waals surface area contributed by atoms with E-state index in [1.807, 2.05) is 0 Å². The maximum absolute atomic E-state index is 13.1. The summed E-state index contributed by atoms with van der Waals surface area (Å²) in [4.78, 5) is 14.2. The number of aliphatic hydroxyl groups is 1. The number of hydrogen-bond donors (Lipinski definition) is 2. The zero-order valence-corrected chi connectivity index (χ0v) is 14.2. The van der Waals surface area contributed by atoms with Crippen LogP contribution in [-0.2, 0) is 5.60 Å². The molecule has 4 rings (SSSR count). The highest BCUT2D eigenvalue weighted by Crippen LogP contribution is 2.49. The van der Waals surface area contributed by atoms with Crippen LogP contribution in [0.2, 0.25) is 0 Å². The Morgan fingerprint density at radius 3 is 2.00 bits per heavy atom. The molecule has 2 amide bonds. The van der Waals surface area contributed by atoms with Gasteiger partial charge in [-0.1, -0.05) is 12.1 Å². The van der Waals surface area contributed by atoms with Crippen LogP contribution in [0.15, 0.2) is 48.5 Å². The third kappa shape index (κ3) is 3.17. The maximum Gasteiger partial charge on any atom is 0.321 e. The molecule has 6 heteroatoms. The van der Waals surface area contributed by atoms with E-state index in [9.17, 15) is 18.7 Å². The van der Waals surface area contributed by atoms with Gasteiger partial charge in [-0.05, 0) is 66.6 Å². The van der Waals surface area contributed by atoms with Crippen molar-refractivity contribution in [2.24, 2.45) is 11.8 Å². The molecule has 1 saturated carbocycles. The number of carbonyl (C=O) groups is 1. The summed E-state index contributed by atoms with van der Waals surface area (Å²) in [7, 11) is 0. The molecule has 0 aromatic heterocycles. The lowest BCUT2D eigenvalue weighted by Crippen LogP contribution is -2.35. The molecule has 1 aliphatic heterocycles. The van der Waals surface area contributed by atoms with Crippen LogP contribution in [-0.4, -0.2) is 29.1 Å². The fourth-order valence-electron chi connectivity index (χ4n) is 4.25. The van der Waals surface area contributed by atoms with Crippen molar-refractivity contribution < 1.29 is 18.7 Å². The summed E-state index contributed by atoms with van der Waals surface area (Å²) < 4.78 is 26.1. The highest BCUT2D eigenvalue weighted by molar-refractivity contribution is 5.89. The first-order valence-electron chi connectivity index (χ1n) is 8.73. The Morgan fingerprint density at radius 1 is 0.962 bits per heavy atom. The number of benzene rings is 2. The number of hydrogen-bond acceptors (Lipinski definition) is 2. The number of anilines is 1. The minimum absolute atomic E-state index is 0.212. The molecule has 2 atom stereocenters. The number of rotatable bonds is 2. The summed E-state index contributed by atoms with van der Waals surface area (Å²) in [6.45, 7) is 1.14. The lowest BCUT2D eigenvalue weighted by Gasteiger charge is -2.26. The summed E-state index contributed by atoms with van der Waals surface area (Å²) in [5.74, 6) is -0.244. The molecule has 2 aromatic rings. The molecule has 2 unspecified atom stereocenters. The topological polar surface area (TPSA) is 52.6 Å². The molecule has 0 bridgehead atoms. The lowest BCUT2D eigenvalue weighted by molar-refractivity contribution is 0.0328. The zero-order valence-electron chi connectivity index (χ0n) is 14.2. The molecular weight excluding hydrogens is 338 g/mol. The summed E-state index contributed by atoms with van der Waals surface area (Å²) in [5.41, 5.74) is 0.328. The minimum Gasteiger partial charge on any atom is -0.385 e. The smallest absolute Gasteiger partial charge is 0.321 e. The van der Waals surface area contributed by atoms with Crippen LogP contribution in [0, 0.1) is 23.5 Å². The summed E-state index contributed by atoms with van der Waals surface area (Å²) in [5, 5.41) is 13.7. The molecule has 2 aliphatic rings. The Bertz CT molecular complexity index is 794. The second-order valence-electron chi connectivity index (χ2n) is 7.31. The van der Waals surface area contributed by atoms with Crippen LogP contribution in [0.3, 0.4) is 0 Å². The van der Waals surface area contributed by atoms with Gasteiger partial charge < -0.3 is 15.3 Å². The monoisotopic (exact) mass is 358 g/mol. The predicted octanol–water partition coefficient (Wildman–Crippen LogP) is 3.73. The molecule has 26 heavy (non-hydrogen) atoms. The van der Waals surface area contributed by atoms with Gasteiger partial charge in [0.25, 0.3) is 0 Å². The van der Waals surface area contributed by atoms with Crippen LogP contribution in [0.4, 0.5) is 19.3 Å². The molecule has 4 nitrogen and oxygen atoms in total. The maximum atomic E-state index is 13.1. The Morgan fingerprint density at radius 2 is 1.46 bits per heavy atom. The number of carbonyl (C=O) groups excluding carboxylic acids is 1. The van der Waals surface area contributed by atoms with Gasteiger partial charge in [-0.25, -0.2) is 13.6 Å². The Hall–Kier alpha value is -2.47. The van der Waals surface area contributed by atoms with E-state index in [0.717, 1.165) is 5.56 Å². The molecule has 0 spiro atoms. The first kappa shape index (κ1) is 17.0. The molecule has 1 heterocycles. The van der Waals surface area contributed by atoms with Gasteiger partial charge in [-0.3, -0.25) is 0 Å². The average molecular weight is 358 g/mol. The quantitative estimate of drug-likeness (QED) is 0.860. The SMILES string of the molecule is O=C(Nc1ccc(F)cc1)N1CC2CC(O)(c3ccc(F)cc3)CC2C1. The first-order valence-corrected chi connectivity index (χ1v) is 8.73. The molecule has 2 fully saturated rings. The number of nitrogens with one attached hydrogen (secondary N) is 1. The Balaban J connectivity index is 1.39. The molecule has 2 aromatic carbocycles. The van der Waals surface area contributed by atoms with Gasteiger partial charge in [-0.2, -0.15) is 0 Å². The van der Waals surface area contributed by atoms with E-state index in [1.165, 1.54) is 36.4 Å². The van der Waals surface area contributed by atoms with Crippen molar-refractivity contribution >= 4 is 11.7 Å². The van der Waals surface area contributed by atoms with Crippen molar-refractivity contribution in [2.45, 2.75) is 18.4 Å². The van der Waals surface area contributed by atoms with Crippen LogP contribution < -0.4 is 5.32 Å². The van der Waals surface area contributed by atoms with Crippen molar-refractivity contribution in [3.63, 3.8) is 0 Å². The van der Waals surface area contributed by atoms with Crippen LogP contribution in [0.25, 0.3) is 0 Å². The van der Waals surface area contributed by atoms with Crippen LogP contribution in [0.5, 0.6) is 0 Å². The zero-order chi connectivity index (χ0) is 18.3. The summed E-state index contributed by atoms with van der Waals surface area (Å²) >= 11 is 0. The lowest BCUT2D eigenvalue weighted by atomic mass is 9.90. The molecule has 1 saturated heterocycles. The van der Waals surface area contributed by atoms with Gasteiger partial charge in [0.15, 0.2) is 0 Å². The number of halogens is 2. The normalized spacial score (nSPS) is 27.4. The second-order valence-corrected chi connectivity index (χ2v) is 7.31. The van der Waals surface area contributed by atoms with E-state index < -0.39 is 5.60 Å². The highest BCUT2D eigenvalue weighted by Gasteiger charge is 2.49. The van der Waals surface area contributed by atoms with E-state index in [-0.39, 0.29) is 29.5 Å².